The van der Waals surface area contributed by atoms with Gasteiger partial charge in [-0.05, 0) is 48.4 Å². The van der Waals surface area contributed by atoms with Gasteiger partial charge in [0.25, 0.3) is 0 Å². The molecule has 0 radical (unpaired) electrons. The molecule has 2 aliphatic rings. The van der Waals surface area contributed by atoms with Gasteiger partial charge in [-0.3, -0.25) is 0 Å². The first kappa shape index (κ1) is 23.0. The van der Waals surface area contributed by atoms with Crippen molar-refractivity contribution >= 4 is 8.32 Å². The molecular weight excluding hydrogens is 372 g/mol. The van der Waals surface area contributed by atoms with E-state index in [2.05, 4.69) is 92.6 Å². The van der Waals surface area contributed by atoms with Crippen LogP contribution < -0.4 is 0 Å². The number of fused-ring (bicyclic) bond motifs is 2. The van der Waals surface area contributed by atoms with Gasteiger partial charge < -0.3 is 9.16 Å². The summed E-state index contributed by atoms with van der Waals surface area (Å²) in [7, 11) is -1.98. The summed E-state index contributed by atoms with van der Waals surface area (Å²) in [6.45, 7) is 21.6. The second kappa shape index (κ2) is 8.13. The van der Waals surface area contributed by atoms with Crippen LogP contribution in [-0.4, -0.2) is 26.1 Å². The summed E-state index contributed by atoms with van der Waals surface area (Å²) in [6, 6.07) is 11.0. The van der Waals surface area contributed by atoms with Crippen molar-refractivity contribution in [1.29, 1.82) is 0 Å². The van der Waals surface area contributed by atoms with E-state index in [0.29, 0.717) is 28.6 Å². The normalized spacial score (nSPS) is 31.8. The number of hydrogen-bond acceptors (Lipinski definition) is 2. The lowest BCUT2D eigenvalue weighted by Gasteiger charge is -2.57. The molecule has 2 nitrogen and oxygen atoms in total. The molecule has 1 aromatic carbocycles. The minimum absolute atomic E-state index is 0.0341. The Balaban J connectivity index is 2.05. The monoisotopic (exact) mass is 416 g/mol. The van der Waals surface area contributed by atoms with Crippen molar-refractivity contribution in [2.75, 3.05) is 0 Å². The predicted octanol–water partition coefficient (Wildman–Crippen LogP) is 7.38. The lowest BCUT2D eigenvalue weighted by Crippen LogP contribution is -2.63. The third-order valence-electron chi connectivity index (χ3n) is 8.36. The molecule has 164 valence electrons. The van der Waals surface area contributed by atoms with Crippen molar-refractivity contribution in [3.8, 4) is 0 Å². The van der Waals surface area contributed by atoms with E-state index < -0.39 is 8.32 Å². The van der Waals surface area contributed by atoms with E-state index in [-0.39, 0.29) is 17.1 Å². The van der Waals surface area contributed by atoms with Crippen molar-refractivity contribution in [2.45, 2.75) is 116 Å². The SMILES string of the molecule is CC(C)[Si](O[C@@H]1[C@@H](Cc2ccccc2)[C@]2(C)CC[C@@H](O2)C1(C)C)(C(C)C)C(C)C. The molecule has 0 N–H and O–H groups in total. The molecule has 3 rings (SSSR count). The summed E-state index contributed by atoms with van der Waals surface area (Å²) in [4.78, 5) is 0. The van der Waals surface area contributed by atoms with Crippen molar-refractivity contribution < 1.29 is 9.16 Å². The smallest absolute Gasteiger partial charge is 0.200 e. The second-order valence-electron chi connectivity index (χ2n) is 11.4. The van der Waals surface area contributed by atoms with Gasteiger partial charge in [0.2, 0.25) is 8.32 Å². The summed E-state index contributed by atoms with van der Waals surface area (Å²) in [6.07, 6.45) is 3.90. The third-order valence-corrected chi connectivity index (χ3v) is 14.4. The third kappa shape index (κ3) is 3.88. The molecule has 2 aliphatic heterocycles. The molecule has 0 unspecified atom stereocenters. The summed E-state index contributed by atoms with van der Waals surface area (Å²) >= 11 is 0. The van der Waals surface area contributed by atoms with Gasteiger partial charge in [0.05, 0.1) is 17.8 Å². The van der Waals surface area contributed by atoms with Crippen LogP contribution in [0, 0.1) is 11.3 Å². The molecule has 2 heterocycles. The minimum Gasteiger partial charge on any atom is -0.412 e. The first-order valence-electron chi connectivity index (χ1n) is 11.8. The summed E-state index contributed by atoms with van der Waals surface area (Å²) in [5.41, 5.74) is 3.16. The predicted molar refractivity (Wildman–Crippen MR) is 126 cm³/mol. The Morgan fingerprint density at radius 2 is 1.52 bits per heavy atom. The van der Waals surface area contributed by atoms with E-state index in [1.54, 1.807) is 0 Å². The fraction of sp³-hybridized carbons (Fsp3) is 0.769. The molecule has 4 atom stereocenters. The maximum Gasteiger partial charge on any atom is 0.200 e. The first-order chi connectivity index (χ1) is 13.4. The maximum absolute atomic E-state index is 7.57. The molecular formula is C26H44O2Si. The molecule has 1 aromatic rings. The van der Waals surface area contributed by atoms with E-state index in [9.17, 15) is 0 Å². The maximum atomic E-state index is 7.57. The number of ether oxygens (including phenoxy) is 1. The molecule has 0 saturated carbocycles. The average Bonchev–Trinajstić information content (AvgIpc) is 3.02. The number of hydrogen-bond donors (Lipinski definition) is 0. The van der Waals surface area contributed by atoms with Gasteiger partial charge in [-0.15, -0.1) is 0 Å². The highest BCUT2D eigenvalue weighted by atomic mass is 28.4. The van der Waals surface area contributed by atoms with Crippen LogP contribution in [0.25, 0.3) is 0 Å². The quantitative estimate of drug-likeness (QED) is 0.432. The zero-order chi connectivity index (χ0) is 21.6. The average molecular weight is 417 g/mol. The van der Waals surface area contributed by atoms with Gasteiger partial charge in [0.15, 0.2) is 0 Å². The minimum atomic E-state index is -1.98. The molecule has 0 spiro atoms. The molecule has 2 fully saturated rings. The Bertz CT molecular complexity index is 659. The van der Waals surface area contributed by atoms with Crippen molar-refractivity contribution in [3.05, 3.63) is 35.9 Å². The zero-order valence-electron chi connectivity index (χ0n) is 20.3. The summed E-state index contributed by atoms with van der Waals surface area (Å²) in [5.74, 6) is 0.391. The van der Waals surface area contributed by atoms with Crippen LogP contribution in [0.5, 0.6) is 0 Å². The number of benzene rings is 1. The molecule has 3 heteroatoms. The van der Waals surface area contributed by atoms with Crippen LogP contribution in [0.15, 0.2) is 30.3 Å². The van der Waals surface area contributed by atoms with Crippen LogP contribution in [0.3, 0.4) is 0 Å². The Hall–Kier alpha value is -0.643. The van der Waals surface area contributed by atoms with E-state index in [0.717, 1.165) is 19.3 Å². The molecule has 2 saturated heterocycles. The fourth-order valence-electron chi connectivity index (χ4n) is 6.73. The molecule has 0 aliphatic carbocycles. The number of rotatable bonds is 7. The van der Waals surface area contributed by atoms with Crippen LogP contribution in [0.4, 0.5) is 0 Å². The molecule has 0 aromatic heterocycles. The Morgan fingerprint density at radius 3 is 2.03 bits per heavy atom. The molecule has 0 amide bonds. The van der Waals surface area contributed by atoms with E-state index >= 15 is 0 Å². The highest BCUT2D eigenvalue weighted by Gasteiger charge is 2.62. The van der Waals surface area contributed by atoms with Gasteiger partial charge in [0, 0.05) is 11.3 Å². The van der Waals surface area contributed by atoms with Gasteiger partial charge in [-0.25, -0.2) is 0 Å². The Morgan fingerprint density at radius 1 is 0.966 bits per heavy atom. The first-order valence-corrected chi connectivity index (χ1v) is 14.0. The van der Waals surface area contributed by atoms with Crippen molar-refractivity contribution in [2.24, 2.45) is 11.3 Å². The lowest BCUT2D eigenvalue weighted by atomic mass is 9.68. The topological polar surface area (TPSA) is 18.5 Å². The van der Waals surface area contributed by atoms with Crippen LogP contribution in [0.2, 0.25) is 16.6 Å². The van der Waals surface area contributed by atoms with Crippen molar-refractivity contribution in [1.82, 2.24) is 0 Å². The van der Waals surface area contributed by atoms with Gasteiger partial charge in [0.1, 0.15) is 0 Å². The van der Waals surface area contributed by atoms with E-state index in [1.807, 2.05) is 0 Å². The standard InChI is InChI=1S/C26H44O2Si/c1-18(2)29(19(3)4,20(5)6)28-24-22(17-21-13-11-10-12-14-21)26(9)16-15-23(27-26)25(24,7)8/h10-14,18-20,22-24H,15-17H2,1-9H3/t22-,23-,24-,26+/m1/s1. The van der Waals surface area contributed by atoms with Gasteiger partial charge >= 0.3 is 0 Å². The Kier molecular flexibility index (Phi) is 6.45. The molecule has 2 bridgehead atoms. The van der Waals surface area contributed by atoms with Crippen LogP contribution in [-0.2, 0) is 15.6 Å². The van der Waals surface area contributed by atoms with Gasteiger partial charge in [-0.1, -0.05) is 85.7 Å². The fourth-order valence-corrected chi connectivity index (χ4v) is 12.5. The largest absolute Gasteiger partial charge is 0.412 e. The molecule has 29 heavy (non-hydrogen) atoms. The highest BCUT2D eigenvalue weighted by Crippen LogP contribution is 2.57. The zero-order valence-corrected chi connectivity index (χ0v) is 21.3. The summed E-state index contributed by atoms with van der Waals surface area (Å²) in [5, 5.41) is 0. The van der Waals surface area contributed by atoms with Crippen molar-refractivity contribution in [3.63, 3.8) is 0 Å². The second-order valence-corrected chi connectivity index (χ2v) is 16.8. The lowest BCUT2D eigenvalue weighted by molar-refractivity contribution is -0.211. The van der Waals surface area contributed by atoms with Crippen LogP contribution >= 0.6 is 0 Å². The summed E-state index contributed by atoms with van der Waals surface area (Å²) < 4.78 is 14.3. The van der Waals surface area contributed by atoms with E-state index in [4.69, 9.17) is 9.16 Å². The van der Waals surface area contributed by atoms with Gasteiger partial charge in [-0.2, -0.15) is 0 Å². The highest BCUT2D eigenvalue weighted by molar-refractivity contribution is 6.77. The Labute approximate surface area is 180 Å². The van der Waals surface area contributed by atoms with Crippen LogP contribution in [0.1, 0.15) is 80.7 Å². The van der Waals surface area contributed by atoms with E-state index in [1.165, 1.54) is 5.56 Å².